The van der Waals surface area contributed by atoms with Crippen LogP contribution in [-0.2, 0) is 17.9 Å². The maximum Gasteiger partial charge on any atom is 0.291 e. The normalized spacial score (nSPS) is 11.1. The number of hydrogen-bond acceptors (Lipinski definition) is 3. The van der Waals surface area contributed by atoms with Crippen molar-refractivity contribution in [1.29, 1.82) is 0 Å². The topological polar surface area (TPSA) is 68.4 Å². The van der Waals surface area contributed by atoms with E-state index in [4.69, 9.17) is 11.6 Å². The molecule has 1 N–H and O–H groups in total. The lowest BCUT2D eigenvalue weighted by Gasteiger charge is -2.07. The predicted molar refractivity (Wildman–Crippen MR) is 100 cm³/mol. The summed E-state index contributed by atoms with van der Waals surface area (Å²) in [6.07, 6.45) is 1.56. The monoisotopic (exact) mass is 366 g/mol. The highest BCUT2D eigenvalue weighted by Gasteiger charge is 2.11. The van der Waals surface area contributed by atoms with Crippen molar-refractivity contribution in [2.75, 3.05) is 0 Å². The molecule has 26 heavy (non-hydrogen) atoms. The average Bonchev–Trinajstić information content (AvgIpc) is 3.03. The van der Waals surface area contributed by atoms with E-state index in [1.165, 1.54) is 4.68 Å². The fraction of sp³-hybridized carbons (Fsp3) is 0.105. The average molecular weight is 367 g/mol. The van der Waals surface area contributed by atoms with Crippen molar-refractivity contribution in [3.63, 3.8) is 0 Å². The number of amides is 1. The summed E-state index contributed by atoms with van der Waals surface area (Å²) < 4.78 is 2.91. The number of para-hydroxylation sites is 1. The van der Waals surface area contributed by atoms with Gasteiger partial charge in [0.1, 0.15) is 18.4 Å². The summed E-state index contributed by atoms with van der Waals surface area (Å²) in [6, 6.07) is 16.7. The standard InChI is InChI=1S/C19H15ClN4O2/c20-15-7-5-13(6-8-15)10-21-18(25)11-24-19(26)17-9-14-3-1-2-4-16(14)23(17)12-22-24/h1-9,12H,10-11H2,(H,21,25). The second-order valence-corrected chi connectivity index (χ2v) is 6.39. The molecule has 0 saturated heterocycles. The van der Waals surface area contributed by atoms with Crippen molar-refractivity contribution in [2.45, 2.75) is 13.1 Å². The van der Waals surface area contributed by atoms with Gasteiger partial charge in [-0.25, -0.2) is 4.68 Å². The maximum absolute atomic E-state index is 12.6. The number of rotatable bonds is 4. The minimum Gasteiger partial charge on any atom is -0.350 e. The molecule has 6 nitrogen and oxygen atoms in total. The highest BCUT2D eigenvalue weighted by atomic mass is 35.5. The molecule has 0 aliphatic rings. The van der Waals surface area contributed by atoms with Crippen LogP contribution in [0, 0.1) is 0 Å². The molecule has 0 saturated carbocycles. The molecular weight excluding hydrogens is 352 g/mol. The zero-order chi connectivity index (χ0) is 18.1. The number of nitrogens with one attached hydrogen (secondary N) is 1. The van der Waals surface area contributed by atoms with E-state index in [1.54, 1.807) is 22.9 Å². The van der Waals surface area contributed by atoms with E-state index in [-0.39, 0.29) is 18.0 Å². The first-order valence-electron chi connectivity index (χ1n) is 8.09. The molecule has 0 aliphatic carbocycles. The Morgan fingerprint density at radius 3 is 2.65 bits per heavy atom. The van der Waals surface area contributed by atoms with Crippen LogP contribution in [-0.4, -0.2) is 20.1 Å². The highest BCUT2D eigenvalue weighted by Crippen LogP contribution is 2.16. The lowest BCUT2D eigenvalue weighted by molar-refractivity contribution is -0.122. The molecule has 0 atom stereocenters. The van der Waals surface area contributed by atoms with Crippen LogP contribution in [0.2, 0.25) is 5.02 Å². The van der Waals surface area contributed by atoms with E-state index >= 15 is 0 Å². The Morgan fingerprint density at radius 1 is 1.08 bits per heavy atom. The van der Waals surface area contributed by atoms with Crippen LogP contribution in [0.3, 0.4) is 0 Å². The zero-order valence-corrected chi connectivity index (χ0v) is 14.5. The highest BCUT2D eigenvalue weighted by molar-refractivity contribution is 6.30. The minimum absolute atomic E-state index is 0.134. The van der Waals surface area contributed by atoms with E-state index < -0.39 is 0 Å². The van der Waals surface area contributed by atoms with Crippen LogP contribution in [0.15, 0.2) is 65.7 Å². The SMILES string of the molecule is O=C(Cn1ncn2c(cc3ccccc32)c1=O)NCc1ccc(Cl)cc1. The second-order valence-electron chi connectivity index (χ2n) is 5.96. The van der Waals surface area contributed by atoms with E-state index in [0.717, 1.165) is 16.5 Å². The number of carbonyl (C=O) groups is 1. The zero-order valence-electron chi connectivity index (χ0n) is 13.7. The molecule has 4 aromatic rings. The van der Waals surface area contributed by atoms with Crippen LogP contribution in [0.1, 0.15) is 5.56 Å². The number of nitrogens with zero attached hydrogens (tertiary/aromatic N) is 3. The number of aromatic nitrogens is 3. The summed E-state index contributed by atoms with van der Waals surface area (Å²) >= 11 is 5.84. The fourth-order valence-electron chi connectivity index (χ4n) is 2.87. The lowest BCUT2D eigenvalue weighted by atomic mass is 10.2. The lowest BCUT2D eigenvalue weighted by Crippen LogP contribution is -2.33. The molecule has 0 bridgehead atoms. The van der Waals surface area contributed by atoms with Gasteiger partial charge in [-0.3, -0.25) is 14.0 Å². The molecule has 7 heteroatoms. The molecule has 2 heterocycles. The number of halogens is 1. The first-order chi connectivity index (χ1) is 12.6. The molecule has 130 valence electrons. The van der Waals surface area contributed by atoms with Crippen molar-refractivity contribution < 1.29 is 4.79 Å². The fourth-order valence-corrected chi connectivity index (χ4v) is 3.00. The Hall–Kier alpha value is -3.12. The number of benzene rings is 2. The van der Waals surface area contributed by atoms with E-state index in [2.05, 4.69) is 10.4 Å². The first kappa shape index (κ1) is 16.4. The van der Waals surface area contributed by atoms with Gasteiger partial charge >= 0.3 is 0 Å². The van der Waals surface area contributed by atoms with Crippen LogP contribution in [0.25, 0.3) is 16.4 Å². The number of carbonyl (C=O) groups excluding carboxylic acids is 1. The summed E-state index contributed by atoms with van der Waals surface area (Å²) in [7, 11) is 0. The van der Waals surface area contributed by atoms with Crippen molar-refractivity contribution in [3.8, 4) is 0 Å². The van der Waals surface area contributed by atoms with E-state index in [1.807, 2.05) is 42.5 Å². The molecule has 0 unspecified atom stereocenters. The molecule has 0 aliphatic heterocycles. The van der Waals surface area contributed by atoms with Gasteiger partial charge in [-0.2, -0.15) is 5.10 Å². The molecule has 0 radical (unpaired) electrons. The minimum atomic E-state index is -0.301. The Balaban J connectivity index is 1.54. The van der Waals surface area contributed by atoms with Gasteiger partial charge in [0, 0.05) is 17.0 Å². The van der Waals surface area contributed by atoms with Crippen molar-refractivity contribution in [3.05, 3.63) is 81.9 Å². The van der Waals surface area contributed by atoms with Gasteiger partial charge in [-0.1, -0.05) is 41.9 Å². The summed E-state index contributed by atoms with van der Waals surface area (Å²) in [5.74, 6) is -0.282. The van der Waals surface area contributed by atoms with Gasteiger partial charge in [0.2, 0.25) is 5.91 Å². The third-order valence-corrected chi connectivity index (χ3v) is 4.46. The van der Waals surface area contributed by atoms with Crippen LogP contribution >= 0.6 is 11.6 Å². The van der Waals surface area contributed by atoms with Gasteiger partial charge in [0.05, 0.1) is 5.52 Å². The smallest absolute Gasteiger partial charge is 0.291 e. The number of hydrogen-bond donors (Lipinski definition) is 1. The molecule has 2 aromatic carbocycles. The molecule has 4 rings (SSSR count). The van der Waals surface area contributed by atoms with Gasteiger partial charge in [0.25, 0.3) is 5.56 Å². The molecule has 0 fully saturated rings. The van der Waals surface area contributed by atoms with E-state index in [9.17, 15) is 9.59 Å². The largest absolute Gasteiger partial charge is 0.350 e. The van der Waals surface area contributed by atoms with Gasteiger partial charge in [-0.05, 0) is 29.8 Å². The molecular formula is C19H15ClN4O2. The Bertz CT molecular complexity index is 1160. The third-order valence-electron chi connectivity index (χ3n) is 4.20. The van der Waals surface area contributed by atoms with E-state index in [0.29, 0.717) is 17.1 Å². The molecule has 1 amide bonds. The summed E-state index contributed by atoms with van der Waals surface area (Å²) in [5, 5.41) is 8.50. The van der Waals surface area contributed by atoms with Gasteiger partial charge < -0.3 is 5.32 Å². The van der Waals surface area contributed by atoms with Crippen LogP contribution < -0.4 is 10.9 Å². The Labute approximate surface area is 153 Å². The molecule has 2 aromatic heterocycles. The van der Waals surface area contributed by atoms with Crippen molar-refractivity contribution >= 4 is 33.9 Å². The summed E-state index contributed by atoms with van der Waals surface area (Å²) in [4.78, 5) is 24.8. The van der Waals surface area contributed by atoms with Crippen LogP contribution in [0.5, 0.6) is 0 Å². The van der Waals surface area contributed by atoms with Crippen molar-refractivity contribution in [2.24, 2.45) is 0 Å². The summed E-state index contributed by atoms with van der Waals surface area (Å²) in [6.45, 7) is 0.229. The molecule has 0 spiro atoms. The van der Waals surface area contributed by atoms with Crippen molar-refractivity contribution in [1.82, 2.24) is 19.5 Å². The van der Waals surface area contributed by atoms with Gasteiger partial charge in [0.15, 0.2) is 0 Å². The third kappa shape index (κ3) is 3.07. The van der Waals surface area contributed by atoms with Gasteiger partial charge in [-0.15, -0.1) is 0 Å². The predicted octanol–water partition coefficient (Wildman–Crippen LogP) is 2.62. The Morgan fingerprint density at radius 2 is 1.85 bits per heavy atom. The quantitative estimate of drug-likeness (QED) is 0.603. The second kappa shape index (κ2) is 6.65. The van der Waals surface area contributed by atoms with Crippen LogP contribution in [0.4, 0.5) is 0 Å². The maximum atomic E-state index is 12.6. The summed E-state index contributed by atoms with van der Waals surface area (Å²) in [5.41, 5.74) is 2.03. The first-order valence-corrected chi connectivity index (χ1v) is 8.47. The Kier molecular flexibility index (Phi) is 4.18. The number of fused-ring (bicyclic) bond motifs is 3.